The molecule has 3 aromatic rings. The molecule has 2 heterocycles. The van der Waals surface area contributed by atoms with Gasteiger partial charge in [-0.05, 0) is 50.1 Å². The highest BCUT2D eigenvalue weighted by Crippen LogP contribution is 2.42. The lowest BCUT2D eigenvalue weighted by atomic mass is 10.2. The van der Waals surface area contributed by atoms with E-state index in [1.807, 2.05) is 16.7 Å². The molecule has 1 unspecified atom stereocenters. The van der Waals surface area contributed by atoms with E-state index in [-0.39, 0.29) is 11.7 Å². The van der Waals surface area contributed by atoms with Crippen LogP contribution in [0.2, 0.25) is 5.02 Å². The van der Waals surface area contributed by atoms with Gasteiger partial charge in [-0.1, -0.05) is 23.4 Å². The largest absolute Gasteiger partial charge is 0.417 e. The Kier molecular flexibility index (Phi) is 5.94. The van der Waals surface area contributed by atoms with Crippen LogP contribution >= 0.6 is 23.4 Å². The zero-order valence-corrected chi connectivity index (χ0v) is 17.8. The molecule has 0 bridgehead atoms. The van der Waals surface area contributed by atoms with Crippen molar-refractivity contribution in [3.63, 3.8) is 0 Å². The van der Waals surface area contributed by atoms with Crippen molar-refractivity contribution in [2.24, 2.45) is 0 Å². The van der Waals surface area contributed by atoms with E-state index in [9.17, 15) is 18.0 Å². The highest BCUT2D eigenvalue weighted by Gasteiger charge is 2.34. The molecule has 162 valence electrons. The zero-order chi connectivity index (χ0) is 22.2. The van der Waals surface area contributed by atoms with Crippen LogP contribution < -0.4 is 5.32 Å². The Morgan fingerprint density at radius 2 is 2.06 bits per heavy atom. The van der Waals surface area contributed by atoms with Crippen molar-refractivity contribution in [2.75, 3.05) is 5.32 Å². The SMILES string of the molecule is CC(Sc1nnc(-c2cccnc2)n1C1CC1)C(=O)Nc1ccc(Cl)c(C(F)(F)F)c1. The first-order valence-corrected chi connectivity index (χ1v) is 10.7. The molecule has 0 saturated heterocycles. The normalized spacial score (nSPS) is 15.0. The van der Waals surface area contributed by atoms with Crippen LogP contribution in [0.4, 0.5) is 18.9 Å². The molecule has 0 spiro atoms. The van der Waals surface area contributed by atoms with Gasteiger partial charge in [0.1, 0.15) is 0 Å². The number of hydrogen-bond acceptors (Lipinski definition) is 5. The topological polar surface area (TPSA) is 72.7 Å². The third-order valence-corrected chi connectivity index (χ3v) is 6.07. The quantitative estimate of drug-likeness (QED) is 0.487. The summed E-state index contributed by atoms with van der Waals surface area (Å²) in [4.78, 5) is 16.7. The van der Waals surface area contributed by atoms with Gasteiger partial charge >= 0.3 is 6.18 Å². The summed E-state index contributed by atoms with van der Waals surface area (Å²) in [5.41, 5.74) is -0.151. The van der Waals surface area contributed by atoms with Gasteiger partial charge in [0.05, 0.1) is 15.8 Å². The number of anilines is 1. The average molecular weight is 468 g/mol. The maximum absolute atomic E-state index is 13.1. The van der Waals surface area contributed by atoms with Crippen LogP contribution in [0.5, 0.6) is 0 Å². The van der Waals surface area contributed by atoms with Crippen LogP contribution in [0, 0.1) is 0 Å². The van der Waals surface area contributed by atoms with Crippen molar-refractivity contribution in [3.05, 3.63) is 53.3 Å². The summed E-state index contributed by atoms with van der Waals surface area (Å²) in [6.07, 6.45) is 0.743. The second-order valence-corrected chi connectivity index (χ2v) is 8.81. The van der Waals surface area contributed by atoms with Crippen LogP contribution in [0.15, 0.2) is 47.9 Å². The Labute approximate surface area is 185 Å². The number of amides is 1. The first-order chi connectivity index (χ1) is 14.7. The lowest BCUT2D eigenvalue weighted by Gasteiger charge is -2.15. The fraction of sp³-hybridized carbons (Fsp3) is 0.300. The van der Waals surface area contributed by atoms with Gasteiger partial charge in [-0.15, -0.1) is 10.2 Å². The van der Waals surface area contributed by atoms with Crippen molar-refractivity contribution in [3.8, 4) is 11.4 Å². The van der Waals surface area contributed by atoms with Crippen molar-refractivity contribution in [1.82, 2.24) is 19.7 Å². The van der Waals surface area contributed by atoms with Gasteiger partial charge in [-0.3, -0.25) is 14.3 Å². The van der Waals surface area contributed by atoms with Crippen molar-refractivity contribution < 1.29 is 18.0 Å². The highest BCUT2D eigenvalue weighted by molar-refractivity contribution is 8.00. The average Bonchev–Trinajstić information content (AvgIpc) is 3.49. The number of aromatic nitrogens is 4. The van der Waals surface area contributed by atoms with E-state index in [0.29, 0.717) is 11.0 Å². The van der Waals surface area contributed by atoms with Gasteiger partial charge in [0, 0.05) is 29.7 Å². The number of pyridine rings is 1. The number of hydrogen-bond donors (Lipinski definition) is 1. The highest BCUT2D eigenvalue weighted by atomic mass is 35.5. The minimum absolute atomic E-state index is 0.0221. The van der Waals surface area contributed by atoms with Crippen molar-refractivity contribution in [2.45, 2.75) is 42.4 Å². The fourth-order valence-corrected chi connectivity index (χ4v) is 4.13. The molecule has 1 saturated carbocycles. The number of thioether (sulfide) groups is 1. The predicted molar refractivity (Wildman–Crippen MR) is 112 cm³/mol. The summed E-state index contributed by atoms with van der Waals surface area (Å²) in [5.74, 6) is 0.229. The molecule has 0 aliphatic heterocycles. The molecule has 0 radical (unpaired) electrons. The first-order valence-electron chi connectivity index (χ1n) is 9.43. The Morgan fingerprint density at radius 3 is 2.71 bits per heavy atom. The molecule has 1 atom stereocenters. The van der Waals surface area contributed by atoms with Crippen LogP contribution in [0.25, 0.3) is 11.4 Å². The number of benzene rings is 1. The molecule has 1 fully saturated rings. The van der Waals surface area contributed by atoms with E-state index in [4.69, 9.17) is 11.6 Å². The number of nitrogens with zero attached hydrogens (tertiary/aromatic N) is 4. The van der Waals surface area contributed by atoms with Crippen LogP contribution in [0.3, 0.4) is 0 Å². The minimum Gasteiger partial charge on any atom is -0.325 e. The minimum atomic E-state index is -4.61. The molecular weight excluding hydrogens is 451 g/mol. The van der Waals surface area contributed by atoms with Crippen LogP contribution in [-0.2, 0) is 11.0 Å². The number of rotatable bonds is 6. The van der Waals surface area contributed by atoms with Gasteiger partial charge in [0.25, 0.3) is 0 Å². The van der Waals surface area contributed by atoms with Crippen LogP contribution in [0.1, 0.15) is 31.4 Å². The molecule has 4 rings (SSSR count). The Bertz CT molecular complexity index is 1100. The maximum Gasteiger partial charge on any atom is 0.417 e. The van der Waals surface area contributed by atoms with Gasteiger partial charge in [0.2, 0.25) is 5.91 Å². The van der Waals surface area contributed by atoms with E-state index in [0.717, 1.165) is 30.5 Å². The molecule has 31 heavy (non-hydrogen) atoms. The van der Waals surface area contributed by atoms with Gasteiger partial charge in [0.15, 0.2) is 11.0 Å². The molecule has 1 aliphatic rings. The number of carbonyl (C=O) groups is 1. The molecule has 1 amide bonds. The van der Waals surface area contributed by atoms with Crippen molar-refractivity contribution in [1.29, 1.82) is 0 Å². The third-order valence-electron chi connectivity index (χ3n) is 4.69. The van der Waals surface area contributed by atoms with Crippen molar-refractivity contribution >= 4 is 35.0 Å². The lowest BCUT2D eigenvalue weighted by molar-refractivity contribution is -0.137. The smallest absolute Gasteiger partial charge is 0.325 e. The molecule has 11 heteroatoms. The maximum atomic E-state index is 13.1. The first kappa shape index (κ1) is 21.6. The molecule has 1 N–H and O–H groups in total. The summed E-state index contributed by atoms with van der Waals surface area (Å²) < 4.78 is 41.2. The van der Waals surface area contributed by atoms with E-state index >= 15 is 0 Å². The Hall–Kier alpha value is -2.59. The summed E-state index contributed by atoms with van der Waals surface area (Å²) in [7, 11) is 0. The summed E-state index contributed by atoms with van der Waals surface area (Å²) >= 11 is 6.84. The second-order valence-electron chi connectivity index (χ2n) is 7.09. The monoisotopic (exact) mass is 467 g/mol. The molecule has 1 aromatic carbocycles. The summed E-state index contributed by atoms with van der Waals surface area (Å²) in [6, 6.07) is 7.23. The predicted octanol–water partition coefficient (Wildman–Crippen LogP) is 5.47. The molecule has 6 nitrogen and oxygen atoms in total. The Morgan fingerprint density at radius 1 is 1.29 bits per heavy atom. The standard InChI is InChI=1S/C20H17ClF3N5OS/c1-11(18(30)26-13-4-7-16(21)15(9-13)20(22,23)24)31-19-28-27-17(29(19)14-5-6-14)12-3-2-8-25-10-12/h2-4,7-11,14H,5-6H2,1H3,(H,26,30). The van der Waals surface area contributed by atoms with E-state index in [1.54, 1.807) is 19.3 Å². The lowest BCUT2D eigenvalue weighted by Crippen LogP contribution is -2.23. The molecular formula is C20H17ClF3N5OS. The summed E-state index contributed by atoms with van der Waals surface area (Å²) in [6.45, 7) is 1.66. The number of halogens is 4. The number of carbonyl (C=O) groups excluding carboxylic acids is 1. The number of nitrogens with one attached hydrogen (secondary N) is 1. The second kappa shape index (κ2) is 8.51. The molecule has 1 aliphatic carbocycles. The molecule has 2 aromatic heterocycles. The van der Waals surface area contributed by atoms with Gasteiger partial charge in [-0.25, -0.2) is 0 Å². The Balaban J connectivity index is 1.51. The van der Waals surface area contributed by atoms with Crippen LogP contribution in [-0.4, -0.2) is 30.9 Å². The third kappa shape index (κ3) is 4.85. The van der Waals surface area contributed by atoms with E-state index < -0.39 is 27.9 Å². The van der Waals surface area contributed by atoms with Gasteiger partial charge in [-0.2, -0.15) is 13.2 Å². The zero-order valence-electron chi connectivity index (χ0n) is 16.2. The van der Waals surface area contributed by atoms with Gasteiger partial charge < -0.3 is 5.32 Å². The number of alkyl halides is 3. The fourth-order valence-electron chi connectivity index (χ4n) is 2.99. The van der Waals surface area contributed by atoms with E-state index in [1.165, 1.54) is 17.8 Å². The summed E-state index contributed by atoms with van der Waals surface area (Å²) in [5, 5.41) is 10.6. The van der Waals surface area contributed by atoms with E-state index in [2.05, 4.69) is 20.5 Å².